The van der Waals surface area contributed by atoms with Gasteiger partial charge in [-0.15, -0.1) is 11.3 Å². The van der Waals surface area contributed by atoms with Crippen LogP contribution in [0.2, 0.25) is 0 Å². The Labute approximate surface area is 104 Å². The summed E-state index contributed by atoms with van der Waals surface area (Å²) >= 11 is 2.48. The molecular weight excluding hydrogens is 258 g/mol. The van der Waals surface area contributed by atoms with E-state index in [-0.39, 0.29) is 5.69 Å². The Balaban J connectivity index is 2.49. The molecule has 0 radical (unpaired) electrons. The van der Waals surface area contributed by atoms with Crippen molar-refractivity contribution in [2.24, 2.45) is 0 Å². The van der Waals surface area contributed by atoms with E-state index in [0.717, 1.165) is 26.3 Å². The van der Waals surface area contributed by atoms with Crippen molar-refractivity contribution in [3.8, 4) is 0 Å². The summed E-state index contributed by atoms with van der Waals surface area (Å²) in [4.78, 5) is 12.0. The number of rotatable bonds is 1. The molecule has 2 N–H and O–H groups in total. The number of aliphatic hydroxyl groups excluding tert-OH is 1. The van der Waals surface area contributed by atoms with E-state index < -0.39 is 11.7 Å². The quantitative estimate of drug-likeness (QED) is 0.659. The van der Waals surface area contributed by atoms with Crippen LogP contribution in [-0.2, 0) is 0 Å². The molecule has 6 heteroatoms. The molecule has 2 heterocycles. The summed E-state index contributed by atoms with van der Waals surface area (Å²) in [5, 5.41) is 19.1. The molecule has 2 aromatic heterocycles. The third kappa shape index (κ3) is 1.57. The highest BCUT2D eigenvalue weighted by Gasteiger charge is 2.16. The maximum Gasteiger partial charge on any atom is 0.224 e. The number of hydrogen-bond donors (Lipinski definition) is 2. The second-order valence-electron chi connectivity index (χ2n) is 3.53. The lowest BCUT2D eigenvalue weighted by molar-refractivity contribution is -0.0459. The van der Waals surface area contributed by atoms with Crippen LogP contribution in [0.4, 0.5) is 0 Å². The predicted octanol–water partition coefficient (Wildman–Crippen LogP) is 1.85. The molecule has 0 saturated heterocycles. The summed E-state index contributed by atoms with van der Waals surface area (Å²) in [5.41, 5.74) is -0.594. The van der Waals surface area contributed by atoms with Gasteiger partial charge in [-0.2, -0.15) is 4.37 Å². The molecule has 17 heavy (non-hydrogen) atoms. The van der Waals surface area contributed by atoms with Crippen molar-refractivity contribution in [3.63, 3.8) is 0 Å². The van der Waals surface area contributed by atoms with Gasteiger partial charge in [0.15, 0.2) is 5.69 Å². The topological polar surface area (TPSA) is 70.4 Å². The molecule has 0 amide bonds. The Hall–Kier alpha value is -1.34. The van der Waals surface area contributed by atoms with Gasteiger partial charge < -0.3 is 10.2 Å². The molecule has 0 spiro atoms. The molecule has 0 unspecified atom stereocenters. The fourth-order valence-electron chi connectivity index (χ4n) is 1.68. The third-order valence-corrected chi connectivity index (χ3v) is 4.66. The molecule has 0 aliphatic rings. The molecule has 3 rings (SSSR count). The maximum absolute atomic E-state index is 12.0. The van der Waals surface area contributed by atoms with E-state index >= 15 is 0 Å². The highest BCUT2D eigenvalue weighted by atomic mass is 32.1. The molecular formula is C11H7NO3S2. The van der Waals surface area contributed by atoms with E-state index in [1.54, 1.807) is 0 Å². The van der Waals surface area contributed by atoms with E-state index in [1.165, 1.54) is 11.3 Å². The van der Waals surface area contributed by atoms with Crippen molar-refractivity contribution in [2.75, 3.05) is 0 Å². The first-order valence-corrected chi connectivity index (χ1v) is 6.44. The van der Waals surface area contributed by atoms with E-state index in [1.807, 2.05) is 24.3 Å². The number of hydrogen-bond acceptors (Lipinski definition) is 6. The van der Waals surface area contributed by atoms with Gasteiger partial charge in [0.2, 0.25) is 11.7 Å². The van der Waals surface area contributed by atoms with Gasteiger partial charge in [0, 0.05) is 10.1 Å². The average molecular weight is 265 g/mol. The van der Waals surface area contributed by atoms with Crippen LogP contribution >= 0.6 is 22.9 Å². The first kappa shape index (κ1) is 10.8. The lowest BCUT2D eigenvalue weighted by Gasteiger charge is -1.99. The monoisotopic (exact) mass is 265 g/mol. The molecule has 4 nitrogen and oxygen atoms in total. The van der Waals surface area contributed by atoms with Crippen molar-refractivity contribution in [3.05, 3.63) is 40.2 Å². The lowest BCUT2D eigenvalue weighted by atomic mass is 10.2. The number of aliphatic hydroxyl groups is 2. The summed E-state index contributed by atoms with van der Waals surface area (Å²) in [6.45, 7) is 0. The molecule has 3 aromatic rings. The Morgan fingerprint density at radius 2 is 1.94 bits per heavy atom. The van der Waals surface area contributed by atoms with Gasteiger partial charge in [0.1, 0.15) is 0 Å². The van der Waals surface area contributed by atoms with Crippen molar-refractivity contribution < 1.29 is 10.2 Å². The number of aromatic nitrogens is 1. The van der Waals surface area contributed by atoms with E-state index in [0.29, 0.717) is 4.70 Å². The second-order valence-corrected chi connectivity index (χ2v) is 5.35. The first-order valence-electron chi connectivity index (χ1n) is 4.86. The average Bonchev–Trinajstić information content (AvgIpc) is 2.69. The Morgan fingerprint density at radius 3 is 2.71 bits per heavy atom. The number of fused-ring (bicyclic) bond motifs is 3. The van der Waals surface area contributed by atoms with Crippen LogP contribution in [0.15, 0.2) is 29.1 Å². The second kappa shape index (κ2) is 3.85. The third-order valence-electron chi connectivity index (χ3n) is 2.47. The first-order chi connectivity index (χ1) is 8.18. The molecule has 1 aromatic carbocycles. The number of thiophene rings is 1. The maximum atomic E-state index is 12.0. The summed E-state index contributed by atoms with van der Waals surface area (Å²) < 4.78 is 6.21. The Kier molecular flexibility index (Phi) is 2.44. The zero-order valence-electron chi connectivity index (χ0n) is 8.45. The van der Waals surface area contributed by atoms with Gasteiger partial charge in [-0.25, -0.2) is 0 Å². The highest BCUT2D eigenvalue weighted by Crippen LogP contribution is 2.33. The molecule has 0 fully saturated rings. The Bertz CT molecular complexity index is 760. The van der Waals surface area contributed by atoms with Gasteiger partial charge in [-0.3, -0.25) is 4.79 Å². The standard InChI is InChI=1S/C11H7NO3S2/c13-8-7(11(14)15)12-17-9-5-3-1-2-4-6(5)16-10(8)9/h1-4,11,14-15H. The van der Waals surface area contributed by atoms with Crippen LogP contribution in [0.25, 0.3) is 19.5 Å². The molecule has 0 atom stereocenters. The molecule has 0 bridgehead atoms. The molecule has 0 aliphatic carbocycles. The van der Waals surface area contributed by atoms with Crippen LogP contribution < -0.4 is 5.43 Å². The van der Waals surface area contributed by atoms with Crippen molar-refractivity contribution >= 4 is 42.4 Å². The van der Waals surface area contributed by atoms with Crippen molar-refractivity contribution in [1.29, 1.82) is 0 Å². The predicted molar refractivity (Wildman–Crippen MR) is 68.5 cm³/mol. The summed E-state index contributed by atoms with van der Waals surface area (Å²) in [5.74, 6) is 0. The van der Waals surface area contributed by atoms with Gasteiger partial charge in [-0.05, 0) is 17.6 Å². The molecule has 0 aliphatic heterocycles. The zero-order valence-corrected chi connectivity index (χ0v) is 10.1. The lowest BCUT2D eigenvalue weighted by Crippen LogP contribution is -2.13. The van der Waals surface area contributed by atoms with Crippen LogP contribution in [0.1, 0.15) is 12.0 Å². The van der Waals surface area contributed by atoms with E-state index in [9.17, 15) is 4.79 Å². The minimum atomic E-state index is -1.81. The highest BCUT2D eigenvalue weighted by molar-refractivity contribution is 7.30. The number of benzene rings is 1. The number of nitrogens with zero attached hydrogens (tertiary/aromatic N) is 1. The minimum absolute atomic E-state index is 0.200. The van der Waals surface area contributed by atoms with Crippen molar-refractivity contribution in [1.82, 2.24) is 4.37 Å². The zero-order chi connectivity index (χ0) is 12.0. The SMILES string of the molecule is O=c1c(C(O)O)nsc2c1sc1ccccc12. The smallest absolute Gasteiger partial charge is 0.224 e. The summed E-state index contributed by atoms with van der Waals surface area (Å²) in [6.07, 6.45) is -1.81. The van der Waals surface area contributed by atoms with Crippen LogP contribution in [0.5, 0.6) is 0 Å². The van der Waals surface area contributed by atoms with Crippen LogP contribution in [0, 0.1) is 0 Å². The largest absolute Gasteiger partial charge is 0.363 e. The van der Waals surface area contributed by atoms with Crippen LogP contribution in [-0.4, -0.2) is 14.6 Å². The van der Waals surface area contributed by atoms with E-state index in [2.05, 4.69) is 4.37 Å². The Morgan fingerprint density at radius 1 is 1.18 bits per heavy atom. The minimum Gasteiger partial charge on any atom is -0.363 e. The summed E-state index contributed by atoms with van der Waals surface area (Å²) in [6, 6.07) is 7.67. The molecule has 86 valence electrons. The normalized spacial score (nSPS) is 11.7. The fourth-order valence-corrected chi connectivity index (χ4v) is 3.85. The summed E-state index contributed by atoms with van der Waals surface area (Å²) in [7, 11) is 0. The van der Waals surface area contributed by atoms with Gasteiger partial charge in [0.05, 0.1) is 9.40 Å². The van der Waals surface area contributed by atoms with Crippen molar-refractivity contribution in [2.45, 2.75) is 6.29 Å². The van der Waals surface area contributed by atoms with E-state index in [4.69, 9.17) is 10.2 Å². The van der Waals surface area contributed by atoms with Crippen LogP contribution in [0.3, 0.4) is 0 Å². The van der Waals surface area contributed by atoms with Gasteiger partial charge >= 0.3 is 0 Å². The van der Waals surface area contributed by atoms with Gasteiger partial charge in [-0.1, -0.05) is 18.2 Å². The fraction of sp³-hybridized carbons (Fsp3) is 0.0909. The molecule has 0 saturated carbocycles. The van der Waals surface area contributed by atoms with Gasteiger partial charge in [0.25, 0.3) is 0 Å².